The number of carbonyl (C=O) groups is 1. The van der Waals surface area contributed by atoms with Crippen LogP contribution in [0.4, 0.5) is 5.82 Å². The van der Waals surface area contributed by atoms with Gasteiger partial charge in [0.25, 0.3) is 11.6 Å². The third-order valence-electron chi connectivity index (χ3n) is 6.34. The smallest absolute Gasteiger partial charge is 0.263 e. The first kappa shape index (κ1) is 23.3. The highest BCUT2D eigenvalue weighted by molar-refractivity contribution is 6.30. The van der Waals surface area contributed by atoms with Gasteiger partial charge in [-0.1, -0.05) is 60.4 Å². The van der Waals surface area contributed by atoms with Gasteiger partial charge in [0, 0.05) is 48.7 Å². The van der Waals surface area contributed by atoms with E-state index in [-0.39, 0.29) is 5.91 Å². The number of aromatic nitrogens is 3. The van der Waals surface area contributed by atoms with Gasteiger partial charge in [-0.15, -0.1) is 0 Å². The van der Waals surface area contributed by atoms with Crippen molar-refractivity contribution in [1.29, 1.82) is 0 Å². The van der Waals surface area contributed by atoms with Crippen LogP contribution in [0.15, 0.2) is 59.1 Å². The molecular formula is C27H28ClN5O2. The van der Waals surface area contributed by atoms with Crippen molar-refractivity contribution in [2.24, 2.45) is 0 Å². The summed E-state index contributed by atoms with van der Waals surface area (Å²) >= 11 is 6.00. The van der Waals surface area contributed by atoms with Crippen molar-refractivity contribution in [1.82, 2.24) is 20.0 Å². The molecule has 1 fully saturated rings. The lowest BCUT2D eigenvalue weighted by molar-refractivity contribution is 0.0767. The lowest BCUT2D eigenvalue weighted by Crippen LogP contribution is -2.35. The van der Waals surface area contributed by atoms with Crippen LogP contribution in [0.25, 0.3) is 22.4 Å². The van der Waals surface area contributed by atoms with Crippen LogP contribution in [-0.2, 0) is 6.42 Å². The number of fused-ring (bicyclic) bond motifs is 1. The Morgan fingerprint density at radius 2 is 1.80 bits per heavy atom. The molecule has 1 aliphatic heterocycles. The van der Waals surface area contributed by atoms with Crippen molar-refractivity contribution in [3.05, 3.63) is 71.0 Å². The van der Waals surface area contributed by atoms with Gasteiger partial charge in [-0.3, -0.25) is 4.79 Å². The molecule has 0 spiro atoms. The summed E-state index contributed by atoms with van der Waals surface area (Å²) in [6.07, 6.45) is 3.69. The average molecular weight is 490 g/mol. The SMILES string of the molecule is CCCCc1nc(N2CCCN(C(=O)c3ccc(Cl)cc3)CC2)c2c(-c3ccccc3)noc2n1. The van der Waals surface area contributed by atoms with Crippen molar-refractivity contribution in [2.45, 2.75) is 32.6 Å². The Bertz CT molecular complexity index is 1310. The van der Waals surface area contributed by atoms with Gasteiger partial charge in [-0.05, 0) is 37.1 Å². The molecule has 35 heavy (non-hydrogen) atoms. The van der Waals surface area contributed by atoms with Gasteiger partial charge in [0.2, 0.25) is 0 Å². The lowest BCUT2D eigenvalue weighted by atomic mass is 10.1. The van der Waals surface area contributed by atoms with E-state index in [4.69, 9.17) is 21.1 Å². The van der Waals surface area contributed by atoms with Gasteiger partial charge in [0.05, 0.1) is 0 Å². The maximum Gasteiger partial charge on any atom is 0.263 e. The fourth-order valence-electron chi connectivity index (χ4n) is 4.46. The first-order valence-electron chi connectivity index (χ1n) is 12.2. The second kappa shape index (κ2) is 10.4. The minimum Gasteiger partial charge on any atom is -0.354 e. The van der Waals surface area contributed by atoms with Gasteiger partial charge in [-0.2, -0.15) is 4.98 Å². The van der Waals surface area contributed by atoms with E-state index in [9.17, 15) is 4.79 Å². The number of unbranched alkanes of at least 4 members (excludes halogenated alkanes) is 1. The van der Waals surface area contributed by atoms with E-state index in [0.29, 0.717) is 35.9 Å². The maximum atomic E-state index is 13.1. The van der Waals surface area contributed by atoms with E-state index in [1.807, 2.05) is 35.2 Å². The summed E-state index contributed by atoms with van der Waals surface area (Å²) in [6, 6.07) is 17.1. The Morgan fingerprint density at radius 3 is 2.57 bits per heavy atom. The fraction of sp³-hybridized carbons (Fsp3) is 0.333. The molecule has 2 aromatic carbocycles. The number of aryl methyl sites for hydroxylation is 1. The molecular weight excluding hydrogens is 462 g/mol. The molecule has 0 N–H and O–H groups in total. The van der Waals surface area contributed by atoms with Crippen molar-refractivity contribution < 1.29 is 9.32 Å². The van der Waals surface area contributed by atoms with E-state index >= 15 is 0 Å². The van der Waals surface area contributed by atoms with Crippen LogP contribution in [0.3, 0.4) is 0 Å². The Labute approximate surface area is 209 Å². The van der Waals surface area contributed by atoms with Crippen LogP contribution in [0.1, 0.15) is 42.4 Å². The molecule has 2 aromatic heterocycles. The van der Waals surface area contributed by atoms with Crippen molar-refractivity contribution in [2.75, 3.05) is 31.1 Å². The Kier molecular flexibility index (Phi) is 6.95. The van der Waals surface area contributed by atoms with Crippen LogP contribution in [-0.4, -0.2) is 52.1 Å². The molecule has 7 nitrogen and oxygen atoms in total. The highest BCUT2D eigenvalue weighted by Crippen LogP contribution is 2.34. The van der Waals surface area contributed by atoms with Gasteiger partial charge in [0.1, 0.15) is 22.7 Å². The van der Waals surface area contributed by atoms with Crippen molar-refractivity contribution >= 4 is 34.4 Å². The molecule has 0 atom stereocenters. The lowest BCUT2D eigenvalue weighted by Gasteiger charge is -2.24. The van der Waals surface area contributed by atoms with Crippen LogP contribution in [0, 0.1) is 0 Å². The molecule has 0 radical (unpaired) electrons. The zero-order valence-electron chi connectivity index (χ0n) is 19.8. The minimum absolute atomic E-state index is 0.0231. The Morgan fingerprint density at radius 1 is 1.00 bits per heavy atom. The number of nitrogens with zero attached hydrogens (tertiary/aromatic N) is 5. The highest BCUT2D eigenvalue weighted by atomic mass is 35.5. The summed E-state index contributed by atoms with van der Waals surface area (Å²) < 4.78 is 5.71. The standard InChI is InChI=1S/C27H28ClN5O2/c1-2-3-10-22-29-25(23-24(31-35-26(23)30-22)19-8-5-4-6-9-19)32-15-7-16-33(18-17-32)27(34)20-11-13-21(28)14-12-20/h4-6,8-9,11-14H,2-3,7,10,15-18H2,1H3. The minimum atomic E-state index is 0.0231. The fourth-order valence-corrected chi connectivity index (χ4v) is 4.58. The number of hydrogen-bond donors (Lipinski definition) is 0. The maximum absolute atomic E-state index is 13.1. The van der Waals surface area contributed by atoms with Gasteiger partial charge < -0.3 is 14.3 Å². The zero-order chi connectivity index (χ0) is 24.2. The molecule has 4 aromatic rings. The monoisotopic (exact) mass is 489 g/mol. The van der Waals surface area contributed by atoms with Gasteiger partial charge >= 0.3 is 0 Å². The summed E-state index contributed by atoms with van der Waals surface area (Å²) in [5, 5.41) is 5.83. The average Bonchev–Trinajstić information content (AvgIpc) is 3.16. The van der Waals surface area contributed by atoms with Gasteiger partial charge in [-0.25, -0.2) is 4.98 Å². The van der Waals surface area contributed by atoms with Crippen molar-refractivity contribution in [3.63, 3.8) is 0 Å². The molecule has 0 bridgehead atoms. The summed E-state index contributed by atoms with van der Waals surface area (Å²) in [4.78, 5) is 26.9. The second-order valence-corrected chi connectivity index (χ2v) is 9.22. The predicted molar refractivity (Wildman–Crippen MR) is 138 cm³/mol. The van der Waals surface area contributed by atoms with Crippen LogP contribution >= 0.6 is 11.6 Å². The normalized spacial score (nSPS) is 14.3. The molecule has 180 valence electrons. The number of benzene rings is 2. The molecule has 1 aliphatic rings. The molecule has 0 unspecified atom stereocenters. The first-order chi connectivity index (χ1) is 17.1. The van der Waals surface area contributed by atoms with Crippen LogP contribution in [0.2, 0.25) is 5.02 Å². The van der Waals surface area contributed by atoms with Crippen LogP contribution in [0.5, 0.6) is 0 Å². The number of anilines is 1. The largest absolute Gasteiger partial charge is 0.354 e. The van der Waals surface area contributed by atoms with E-state index in [1.165, 1.54) is 0 Å². The third kappa shape index (κ3) is 5.00. The second-order valence-electron chi connectivity index (χ2n) is 8.78. The zero-order valence-corrected chi connectivity index (χ0v) is 20.5. The van der Waals surface area contributed by atoms with Crippen molar-refractivity contribution in [3.8, 4) is 11.3 Å². The molecule has 1 amide bonds. The van der Waals surface area contributed by atoms with E-state index in [2.05, 4.69) is 22.0 Å². The third-order valence-corrected chi connectivity index (χ3v) is 6.59. The summed E-state index contributed by atoms with van der Waals surface area (Å²) in [5.74, 6) is 1.63. The first-order valence-corrected chi connectivity index (χ1v) is 12.5. The number of halogens is 1. The number of rotatable bonds is 6. The van der Waals surface area contributed by atoms with Gasteiger partial charge in [0.15, 0.2) is 0 Å². The van der Waals surface area contributed by atoms with E-state index < -0.39 is 0 Å². The molecule has 1 saturated heterocycles. The number of hydrogen-bond acceptors (Lipinski definition) is 6. The van der Waals surface area contributed by atoms with Crippen LogP contribution < -0.4 is 4.90 Å². The molecule has 0 saturated carbocycles. The number of carbonyl (C=O) groups excluding carboxylic acids is 1. The van der Waals surface area contributed by atoms with E-state index in [1.54, 1.807) is 24.3 Å². The molecule has 5 rings (SSSR count). The topological polar surface area (TPSA) is 75.4 Å². The number of amides is 1. The highest BCUT2D eigenvalue weighted by Gasteiger charge is 2.26. The predicted octanol–water partition coefficient (Wildman–Crippen LogP) is 5.63. The molecule has 8 heteroatoms. The summed E-state index contributed by atoms with van der Waals surface area (Å²) in [5.41, 5.74) is 2.88. The Balaban J connectivity index is 1.47. The Hall–Kier alpha value is -3.45. The summed E-state index contributed by atoms with van der Waals surface area (Å²) in [6.45, 7) is 4.89. The molecule has 3 heterocycles. The van der Waals surface area contributed by atoms with E-state index in [0.717, 1.165) is 60.5 Å². The quantitative estimate of drug-likeness (QED) is 0.349. The molecule has 0 aliphatic carbocycles. The summed E-state index contributed by atoms with van der Waals surface area (Å²) in [7, 11) is 0.